The maximum absolute atomic E-state index is 12.4. The van der Waals surface area contributed by atoms with E-state index in [4.69, 9.17) is 0 Å². The molecule has 142 valence electrons. The summed E-state index contributed by atoms with van der Waals surface area (Å²) in [4.78, 5) is 28.4. The van der Waals surface area contributed by atoms with Gasteiger partial charge in [-0.3, -0.25) is 9.59 Å². The molecule has 0 spiro atoms. The third kappa shape index (κ3) is 4.96. The van der Waals surface area contributed by atoms with E-state index < -0.39 is 0 Å². The van der Waals surface area contributed by atoms with Crippen molar-refractivity contribution in [3.8, 4) is 0 Å². The Bertz CT molecular complexity index is 462. The number of quaternary nitrogens is 1. The standard InChI is InChI=1S/C20H35N3O2/c1-16-8-5-6-12-22(16)13-7-11-21-20(25)17-14-19(24)23(15-17)18-9-3-2-4-10-18/h16-18H,2-15H2,1H3,(H,21,25)/p+1. The molecule has 3 rings (SSSR count). The van der Waals surface area contributed by atoms with E-state index in [1.54, 1.807) is 4.90 Å². The van der Waals surface area contributed by atoms with Crippen molar-refractivity contribution < 1.29 is 14.5 Å². The van der Waals surface area contributed by atoms with Gasteiger partial charge in [0.25, 0.3) is 0 Å². The minimum atomic E-state index is -0.129. The Morgan fingerprint density at radius 3 is 2.68 bits per heavy atom. The highest BCUT2D eigenvalue weighted by molar-refractivity contribution is 5.89. The number of nitrogens with one attached hydrogen (secondary N) is 2. The van der Waals surface area contributed by atoms with E-state index in [0.717, 1.165) is 38.4 Å². The second kappa shape index (κ2) is 9.02. The Hall–Kier alpha value is -1.10. The van der Waals surface area contributed by atoms with Crippen LogP contribution in [-0.4, -0.2) is 55.0 Å². The fourth-order valence-corrected chi connectivity index (χ4v) is 4.95. The molecule has 2 amide bonds. The lowest BCUT2D eigenvalue weighted by Gasteiger charge is -2.31. The maximum Gasteiger partial charge on any atom is 0.225 e. The fraction of sp³-hybridized carbons (Fsp3) is 0.900. The molecule has 3 aliphatic rings. The summed E-state index contributed by atoms with van der Waals surface area (Å²) in [7, 11) is 0. The van der Waals surface area contributed by atoms with Crippen LogP contribution in [0, 0.1) is 5.92 Å². The maximum atomic E-state index is 12.4. The highest BCUT2D eigenvalue weighted by Gasteiger charge is 2.38. The van der Waals surface area contributed by atoms with Gasteiger partial charge >= 0.3 is 0 Å². The van der Waals surface area contributed by atoms with Crippen LogP contribution in [0.15, 0.2) is 0 Å². The lowest BCUT2D eigenvalue weighted by Crippen LogP contribution is -3.16. The predicted octanol–water partition coefficient (Wildman–Crippen LogP) is 1.13. The van der Waals surface area contributed by atoms with Gasteiger partial charge in [-0.1, -0.05) is 19.3 Å². The smallest absolute Gasteiger partial charge is 0.225 e. The molecule has 2 N–H and O–H groups in total. The summed E-state index contributed by atoms with van der Waals surface area (Å²) in [5.74, 6) is 0.155. The number of piperidine rings is 1. The summed E-state index contributed by atoms with van der Waals surface area (Å²) in [6, 6.07) is 1.16. The third-order valence-electron chi connectivity index (χ3n) is 6.60. The van der Waals surface area contributed by atoms with Crippen LogP contribution in [0.2, 0.25) is 0 Å². The molecule has 0 aromatic carbocycles. The molecule has 0 radical (unpaired) electrons. The molecule has 1 aliphatic carbocycles. The summed E-state index contributed by atoms with van der Waals surface area (Å²) in [5.41, 5.74) is 0. The first-order valence-corrected chi connectivity index (χ1v) is 10.6. The lowest BCUT2D eigenvalue weighted by atomic mass is 9.94. The highest BCUT2D eigenvalue weighted by Crippen LogP contribution is 2.28. The summed E-state index contributed by atoms with van der Waals surface area (Å²) < 4.78 is 0. The molecule has 5 heteroatoms. The molecule has 3 unspecified atom stereocenters. The molecule has 2 aliphatic heterocycles. The first-order valence-electron chi connectivity index (χ1n) is 10.6. The Morgan fingerprint density at radius 2 is 1.92 bits per heavy atom. The molecule has 2 heterocycles. The quantitative estimate of drug-likeness (QED) is 0.706. The average Bonchev–Trinajstić information content (AvgIpc) is 3.02. The van der Waals surface area contributed by atoms with Gasteiger partial charge in [0.15, 0.2) is 0 Å². The van der Waals surface area contributed by atoms with Crippen molar-refractivity contribution in [1.29, 1.82) is 0 Å². The second-order valence-electron chi connectivity index (χ2n) is 8.44. The zero-order chi connectivity index (χ0) is 17.6. The number of nitrogens with zero attached hydrogens (tertiary/aromatic N) is 1. The predicted molar refractivity (Wildman–Crippen MR) is 98.3 cm³/mol. The normalized spacial score (nSPS) is 31.3. The van der Waals surface area contributed by atoms with Crippen LogP contribution in [-0.2, 0) is 9.59 Å². The SMILES string of the molecule is CC1CCCC[NH+]1CCCNC(=O)C1CC(=O)N(C2CCCCC2)C1. The van der Waals surface area contributed by atoms with E-state index in [0.29, 0.717) is 19.0 Å². The van der Waals surface area contributed by atoms with Crippen LogP contribution in [0.1, 0.15) is 71.1 Å². The third-order valence-corrected chi connectivity index (χ3v) is 6.60. The number of hydrogen-bond donors (Lipinski definition) is 2. The summed E-state index contributed by atoms with van der Waals surface area (Å²) in [5, 5.41) is 3.09. The van der Waals surface area contributed by atoms with Crippen molar-refractivity contribution in [2.24, 2.45) is 5.92 Å². The van der Waals surface area contributed by atoms with Crippen LogP contribution >= 0.6 is 0 Å². The van der Waals surface area contributed by atoms with Crippen LogP contribution in [0.5, 0.6) is 0 Å². The van der Waals surface area contributed by atoms with Gasteiger partial charge in [0, 0.05) is 32.0 Å². The summed E-state index contributed by atoms with van der Waals surface area (Å²) in [6.45, 7) is 6.17. The molecule has 0 bridgehead atoms. The zero-order valence-electron chi connectivity index (χ0n) is 15.9. The van der Waals surface area contributed by atoms with Gasteiger partial charge in [-0.25, -0.2) is 0 Å². The molecule has 3 fully saturated rings. The highest BCUT2D eigenvalue weighted by atomic mass is 16.2. The van der Waals surface area contributed by atoms with Gasteiger partial charge < -0.3 is 15.1 Å². The Kier molecular flexibility index (Phi) is 6.74. The molecular formula is C20H36N3O2+. The lowest BCUT2D eigenvalue weighted by molar-refractivity contribution is -0.928. The van der Waals surface area contributed by atoms with Crippen LogP contribution in [0.25, 0.3) is 0 Å². The number of hydrogen-bond acceptors (Lipinski definition) is 2. The number of carbonyl (C=O) groups excluding carboxylic acids is 2. The number of amides is 2. The minimum Gasteiger partial charge on any atom is -0.356 e. The van der Waals surface area contributed by atoms with Crippen LogP contribution < -0.4 is 10.2 Å². The van der Waals surface area contributed by atoms with Crippen molar-refractivity contribution in [2.45, 2.75) is 83.2 Å². The zero-order valence-corrected chi connectivity index (χ0v) is 15.9. The van der Waals surface area contributed by atoms with Gasteiger partial charge in [-0.05, 0) is 39.0 Å². The van der Waals surface area contributed by atoms with E-state index >= 15 is 0 Å². The van der Waals surface area contributed by atoms with Crippen molar-refractivity contribution in [1.82, 2.24) is 10.2 Å². The molecule has 1 saturated carbocycles. The second-order valence-corrected chi connectivity index (χ2v) is 8.44. The molecule has 5 nitrogen and oxygen atoms in total. The average molecular weight is 351 g/mol. The monoisotopic (exact) mass is 350 g/mol. The van der Waals surface area contributed by atoms with Gasteiger partial charge in [-0.15, -0.1) is 0 Å². The van der Waals surface area contributed by atoms with Gasteiger partial charge in [0.1, 0.15) is 0 Å². The number of likely N-dealkylation sites (tertiary alicyclic amines) is 2. The van der Waals surface area contributed by atoms with Crippen molar-refractivity contribution >= 4 is 11.8 Å². The molecular weight excluding hydrogens is 314 g/mol. The number of rotatable bonds is 6. The Labute approximate surface area is 152 Å². The van der Waals surface area contributed by atoms with Gasteiger partial charge in [0.2, 0.25) is 11.8 Å². The Morgan fingerprint density at radius 1 is 1.16 bits per heavy atom. The van der Waals surface area contributed by atoms with Crippen molar-refractivity contribution in [2.75, 3.05) is 26.2 Å². The molecule has 0 aromatic heterocycles. The first-order chi connectivity index (χ1) is 12.1. The van der Waals surface area contributed by atoms with Crippen LogP contribution in [0.3, 0.4) is 0 Å². The molecule has 2 saturated heterocycles. The topological polar surface area (TPSA) is 53.9 Å². The summed E-state index contributed by atoms with van der Waals surface area (Å²) in [6.07, 6.45) is 11.5. The number of carbonyl (C=O) groups is 2. The molecule has 3 atom stereocenters. The first kappa shape index (κ1) is 18.7. The van der Waals surface area contributed by atoms with Crippen molar-refractivity contribution in [3.63, 3.8) is 0 Å². The van der Waals surface area contributed by atoms with Crippen LogP contribution in [0.4, 0.5) is 0 Å². The van der Waals surface area contributed by atoms with Crippen molar-refractivity contribution in [3.05, 3.63) is 0 Å². The van der Waals surface area contributed by atoms with E-state index in [9.17, 15) is 9.59 Å². The Balaban J connectivity index is 1.36. The fourth-order valence-electron chi connectivity index (χ4n) is 4.95. The largest absolute Gasteiger partial charge is 0.356 e. The molecule has 0 aromatic rings. The van der Waals surface area contributed by atoms with Gasteiger partial charge in [-0.2, -0.15) is 0 Å². The van der Waals surface area contributed by atoms with Gasteiger partial charge in [0.05, 0.1) is 25.0 Å². The summed E-state index contributed by atoms with van der Waals surface area (Å²) >= 11 is 0. The minimum absolute atomic E-state index is 0.0911. The molecule has 25 heavy (non-hydrogen) atoms. The van der Waals surface area contributed by atoms with E-state index in [1.165, 1.54) is 45.1 Å². The van der Waals surface area contributed by atoms with E-state index in [2.05, 4.69) is 12.2 Å². The van der Waals surface area contributed by atoms with E-state index in [1.807, 2.05) is 4.90 Å². The van der Waals surface area contributed by atoms with E-state index in [-0.39, 0.29) is 17.7 Å².